The summed E-state index contributed by atoms with van der Waals surface area (Å²) in [4.78, 5) is 0. The highest BCUT2D eigenvalue weighted by molar-refractivity contribution is 9.09. The first-order chi connectivity index (χ1) is 9.88. The Labute approximate surface area is 137 Å². The van der Waals surface area contributed by atoms with Gasteiger partial charge in [0.15, 0.2) is 0 Å². The van der Waals surface area contributed by atoms with E-state index in [2.05, 4.69) is 67.9 Å². The van der Waals surface area contributed by atoms with Gasteiger partial charge in [-0.3, -0.25) is 0 Å². The quantitative estimate of drug-likeness (QED) is 0.636. The molecule has 0 heterocycles. The molecule has 0 spiro atoms. The summed E-state index contributed by atoms with van der Waals surface area (Å²) in [6.07, 6.45) is 4.50. The molecule has 0 saturated heterocycles. The number of hydrogen-bond acceptors (Lipinski definition) is 1. The fourth-order valence-corrected chi connectivity index (χ4v) is 5.14. The average molecular weight is 351 g/mol. The van der Waals surface area contributed by atoms with Crippen LogP contribution in [0.25, 0.3) is 0 Å². The van der Waals surface area contributed by atoms with E-state index in [1.807, 2.05) is 0 Å². The first-order valence-corrected chi connectivity index (χ1v) is 9.28. The van der Waals surface area contributed by atoms with Crippen LogP contribution in [0.4, 0.5) is 0 Å². The summed E-state index contributed by atoms with van der Waals surface area (Å²) < 4.78 is 6.63. The molecule has 0 radical (unpaired) electrons. The third kappa shape index (κ3) is 2.39. The number of alkyl halides is 1. The summed E-state index contributed by atoms with van der Waals surface area (Å²) >= 11 is 3.66. The Balaban J connectivity index is 1.80. The highest BCUT2D eigenvalue weighted by Crippen LogP contribution is 2.66. The fourth-order valence-electron chi connectivity index (χ4n) is 4.61. The smallest absolute Gasteiger partial charge is 0.0925 e. The van der Waals surface area contributed by atoms with Crippen LogP contribution in [0.15, 0.2) is 24.3 Å². The summed E-state index contributed by atoms with van der Waals surface area (Å²) in [5, 5.41) is 0.869. The van der Waals surface area contributed by atoms with Crippen molar-refractivity contribution in [2.75, 3.05) is 5.33 Å². The van der Waals surface area contributed by atoms with E-state index >= 15 is 0 Å². The van der Waals surface area contributed by atoms with Crippen molar-refractivity contribution >= 4 is 15.9 Å². The van der Waals surface area contributed by atoms with Crippen molar-refractivity contribution in [2.45, 2.75) is 59.2 Å². The molecule has 4 atom stereocenters. The standard InChI is InChI=1S/C19H27BrO/c1-13-6-5-7-14(10-13)16(12-20)21-17-11-15-8-9-19(17,4)18(15,2)3/h5-7,10,15-17H,8-9,11-12H2,1-4H3. The largest absolute Gasteiger partial charge is 0.369 e. The van der Waals surface area contributed by atoms with Crippen molar-refractivity contribution in [3.05, 3.63) is 35.4 Å². The maximum atomic E-state index is 6.63. The summed E-state index contributed by atoms with van der Waals surface area (Å²) in [6, 6.07) is 8.74. The Bertz CT molecular complexity index is 524. The fraction of sp³-hybridized carbons (Fsp3) is 0.684. The maximum Gasteiger partial charge on any atom is 0.0925 e. The molecule has 1 nitrogen and oxygen atoms in total. The van der Waals surface area contributed by atoms with Crippen LogP contribution in [-0.4, -0.2) is 11.4 Å². The summed E-state index contributed by atoms with van der Waals surface area (Å²) in [7, 11) is 0. The number of aryl methyl sites for hydroxylation is 1. The molecule has 1 aromatic carbocycles. The van der Waals surface area contributed by atoms with Crippen molar-refractivity contribution in [3.8, 4) is 0 Å². The normalized spacial score (nSPS) is 35.1. The molecule has 4 unspecified atom stereocenters. The molecule has 21 heavy (non-hydrogen) atoms. The molecule has 0 aromatic heterocycles. The van der Waals surface area contributed by atoms with Crippen molar-refractivity contribution < 1.29 is 4.74 Å². The Kier molecular flexibility index (Phi) is 3.99. The van der Waals surface area contributed by atoms with Crippen molar-refractivity contribution in [3.63, 3.8) is 0 Å². The second-order valence-electron chi connectivity index (χ2n) is 7.79. The minimum atomic E-state index is 0.168. The highest BCUT2D eigenvalue weighted by atomic mass is 79.9. The molecule has 0 N–H and O–H groups in total. The number of hydrogen-bond donors (Lipinski definition) is 0. The molecule has 2 heteroatoms. The topological polar surface area (TPSA) is 9.23 Å². The molecule has 2 fully saturated rings. The van der Waals surface area contributed by atoms with Gasteiger partial charge in [-0.15, -0.1) is 0 Å². The lowest BCUT2D eigenvalue weighted by atomic mass is 9.70. The molecule has 2 saturated carbocycles. The summed E-state index contributed by atoms with van der Waals surface area (Å²) in [5.74, 6) is 0.834. The molecule has 2 aliphatic carbocycles. The van der Waals surface area contributed by atoms with Gasteiger partial charge in [-0.1, -0.05) is 66.5 Å². The SMILES string of the molecule is Cc1cccc(C(CBr)OC2CC3CCC2(C)C3(C)C)c1. The lowest BCUT2D eigenvalue weighted by molar-refractivity contribution is -0.0798. The molecular weight excluding hydrogens is 324 g/mol. The number of benzene rings is 1. The van der Waals surface area contributed by atoms with E-state index in [1.165, 1.54) is 30.4 Å². The maximum absolute atomic E-state index is 6.63. The van der Waals surface area contributed by atoms with Gasteiger partial charge in [-0.2, -0.15) is 0 Å². The van der Waals surface area contributed by atoms with Crippen LogP contribution in [0.1, 0.15) is 57.3 Å². The van der Waals surface area contributed by atoms with E-state index < -0.39 is 0 Å². The van der Waals surface area contributed by atoms with Gasteiger partial charge in [-0.05, 0) is 48.5 Å². The van der Waals surface area contributed by atoms with Crippen molar-refractivity contribution in [1.29, 1.82) is 0 Å². The van der Waals surface area contributed by atoms with Crippen LogP contribution < -0.4 is 0 Å². The first kappa shape index (κ1) is 15.6. The van der Waals surface area contributed by atoms with Crippen LogP contribution in [0.2, 0.25) is 0 Å². The molecular formula is C19H27BrO. The van der Waals surface area contributed by atoms with E-state index in [1.54, 1.807) is 0 Å². The third-order valence-electron chi connectivity index (χ3n) is 6.60. The molecule has 2 bridgehead atoms. The molecule has 0 amide bonds. The molecule has 1 aromatic rings. The van der Waals surface area contributed by atoms with E-state index in [4.69, 9.17) is 4.74 Å². The monoisotopic (exact) mass is 350 g/mol. The second-order valence-corrected chi connectivity index (χ2v) is 8.44. The third-order valence-corrected chi connectivity index (χ3v) is 7.18. The number of ether oxygens (including phenoxy) is 1. The molecule has 116 valence electrons. The highest BCUT2D eigenvalue weighted by Gasteiger charge is 2.62. The van der Waals surface area contributed by atoms with Gasteiger partial charge in [-0.25, -0.2) is 0 Å². The van der Waals surface area contributed by atoms with Crippen LogP contribution in [0.3, 0.4) is 0 Å². The van der Waals surface area contributed by atoms with Crippen molar-refractivity contribution in [1.82, 2.24) is 0 Å². The first-order valence-electron chi connectivity index (χ1n) is 8.16. The van der Waals surface area contributed by atoms with E-state index in [9.17, 15) is 0 Å². The van der Waals surface area contributed by atoms with E-state index in [0.717, 1.165) is 11.2 Å². The van der Waals surface area contributed by atoms with Crippen LogP contribution in [0.5, 0.6) is 0 Å². The van der Waals surface area contributed by atoms with Crippen molar-refractivity contribution in [2.24, 2.45) is 16.7 Å². The minimum absolute atomic E-state index is 0.168. The van der Waals surface area contributed by atoms with Crippen LogP contribution >= 0.6 is 15.9 Å². The number of halogens is 1. The molecule has 0 aliphatic heterocycles. The van der Waals surface area contributed by atoms with Gasteiger partial charge in [0.05, 0.1) is 12.2 Å². The zero-order valence-electron chi connectivity index (χ0n) is 13.7. The lowest BCUT2D eigenvalue weighted by Gasteiger charge is -2.40. The molecule has 2 aliphatic rings. The average Bonchev–Trinajstić information content (AvgIpc) is 2.77. The van der Waals surface area contributed by atoms with Gasteiger partial charge in [0.1, 0.15) is 0 Å². The van der Waals surface area contributed by atoms with Gasteiger partial charge in [0.25, 0.3) is 0 Å². The second kappa shape index (κ2) is 5.38. The molecule has 3 rings (SSSR count). The zero-order chi connectivity index (χ0) is 15.3. The Morgan fingerprint density at radius 3 is 2.62 bits per heavy atom. The zero-order valence-corrected chi connectivity index (χ0v) is 15.2. The number of fused-ring (bicyclic) bond motifs is 2. The summed E-state index contributed by atoms with van der Waals surface area (Å²) in [6.45, 7) is 9.50. The van der Waals surface area contributed by atoms with Gasteiger partial charge in [0, 0.05) is 5.33 Å². The van der Waals surface area contributed by atoms with Crippen LogP contribution in [0, 0.1) is 23.7 Å². The van der Waals surface area contributed by atoms with Gasteiger partial charge >= 0.3 is 0 Å². The lowest BCUT2D eigenvalue weighted by Crippen LogP contribution is -2.38. The predicted molar refractivity (Wildman–Crippen MR) is 91.8 cm³/mol. The van der Waals surface area contributed by atoms with Gasteiger partial charge < -0.3 is 4.74 Å². The Morgan fingerprint density at radius 2 is 2.10 bits per heavy atom. The van der Waals surface area contributed by atoms with Gasteiger partial charge in [0.2, 0.25) is 0 Å². The van der Waals surface area contributed by atoms with E-state index in [0.29, 0.717) is 16.9 Å². The summed E-state index contributed by atoms with van der Waals surface area (Å²) in [5.41, 5.74) is 3.36. The van der Waals surface area contributed by atoms with Crippen LogP contribution in [-0.2, 0) is 4.74 Å². The predicted octanol–water partition coefficient (Wildman–Crippen LogP) is 5.66. The Hall–Kier alpha value is -0.340. The van der Waals surface area contributed by atoms with E-state index in [-0.39, 0.29) is 6.10 Å². The minimum Gasteiger partial charge on any atom is -0.369 e. The number of rotatable bonds is 4. The Morgan fingerprint density at radius 1 is 1.33 bits per heavy atom.